The first-order valence-electron chi connectivity index (χ1n) is 3.93. The van der Waals surface area contributed by atoms with Crippen molar-refractivity contribution in [2.24, 2.45) is 11.7 Å². The molecule has 15 heavy (non-hydrogen) atoms. The largest absolute Gasteiger partial charge is 0.376 e. The lowest BCUT2D eigenvalue weighted by molar-refractivity contribution is -0.324. The molecule has 0 aliphatic carbocycles. The number of rotatable bonds is 5. The third-order valence-electron chi connectivity index (χ3n) is 1.75. The van der Waals surface area contributed by atoms with Crippen LogP contribution in [0.3, 0.4) is 0 Å². The van der Waals surface area contributed by atoms with Crippen molar-refractivity contribution in [2.75, 3.05) is 0 Å². The van der Waals surface area contributed by atoms with Gasteiger partial charge in [0, 0.05) is 0 Å². The third kappa shape index (κ3) is 3.99. The van der Waals surface area contributed by atoms with E-state index in [0.717, 1.165) is 0 Å². The molecule has 0 atom stereocenters. The maximum Gasteiger partial charge on any atom is 0.341 e. The molecule has 0 bridgehead atoms. The van der Waals surface area contributed by atoms with Crippen LogP contribution in [-0.4, -0.2) is 28.4 Å². The van der Waals surface area contributed by atoms with Gasteiger partial charge in [-0.25, -0.2) is 16.5 Å². The number of hydrazine groups is 2. The highest BCUT2D eigenvalue weighted by Crippen LogP contribution is 2.13. The summed E-state index contributed by atoms with van der Waals surface area (Å²) in [5, 5.41) is 9.65. The zero-order valence-corrected chi connectivity index (χ0v) is 7.95. The molecule has 9 heteroatoms. The standard InChI is InChI=1S/C6H13N5O4/c7-5(14)6(15,1-3(12)10-8)2-4(13)11-9/h15H,1-2,8-9H2,(H2,7,14)(H,10,12)(H,11,13)/p+1. The van der Waals surface area contributed by atoms with Crippen LogP contribution >= 0.6 is 0 Å². The molecule has 0 radical (unpaired) electrons. The lowest BCUT2D eigenvalue weighted by atomic mass is 9.94. The molecule has 0 heterocycles. The second-order valence-corrected chi connectivity index (χ2v) is 2.94. The topological polar surface area (TPSA) is 175 Å². The van der Waals surface area contributed by atoms with E-state index in [-0.39, 0.29) is 0 Å². The van der Waals surface area contributed by atoms with Gasteiger partial charge < -0.3 is 5.11 Å². The van der Waals surface area contributed by atoms with Crippen molar-refractivity contribution in [2.45, 2.75) is 18.4 Å². The van der Waals surface area contributed by atoms with Crippen molar-refractivity contribution >= 4 is 17.7 Å². The Balaban J connectivity index is 4.67. The molecule has 0 aromatic carbocycles. The Labute approximate surface area is 84.9 Å². The number of quaternary nitrogens is 1. The van der Waals surface area contributed by atoms with Crippen LogP contribution in [0, 0.1) is 0 Å². The van der Waals surface area contributed by atoms with Crippen LogP contribution in [0.4, 0.5) is 0 Å². The molecule has 0 saturated heterocycles. The molecule has 9 nitrogen and oxygen atoms in total. The van der Waals surface area contributed by atoms with Crippen molar-refractivity contribution in [3.05, 3.63) is 0 Å². The van der Waals surface area contributed by atoms with Gasteiger partial charge in [0.1, 0.15) is 0 Å². The zero-order chi connectivity index (χ0) is 12.1. The van der Waals surface area contributed by atoms with Gasteiger partial charge in [-0.1, -0.05) is 0 Å². The smallest absolute Gasteiger partial charge is 0.341 e. The van der Waals surface area contributed by atoms with Gasteiger partial charge >= 0.3 is 5.91 Å². The normalized spacial score (nSPS) is 10.7. The molecule has 0 fully saturated rings. The third-order valence-corrected chi connectivity index (χ3v) is 1.75. The van der Waals surface area contributed by atoms with Crippen LogP contribution in [0.5, 0.6) is 0 Å². The number of amides is 3. The Morgan fingerprint density at radius 3 is 1.67 bits per heavy atom. The minimum Gasteiger partial charge on any atom is -0.376 e. The quantitative estimate of drug-likeness (QED) is 0.154. The number of aliphatic hydroxyl groups is 1. The lowest BCUT2D eigenvalue weighted by Crippen LogP contribution is -2.69. The minimum atomic E-state index is -2.19. The summed E-state index contributed by atoms with van der Waals surface area (Å²) in [7, 11) is 0. The lowest BCUT2D eigenvalue weighted by Gasteiger charge is -2.19. The monoisotopic (exact) mass is 220 g/mol. The van der Waals surface area contributed by atoms with Crippen LogP contribution in [0.15, 0.2) is 0 Å². The summed E-state index contributed by atoms with van der Waals surface area (Å²) >= 11 is 0. The average Bonchev–Trinajstić information content (AvgIpc) is 2.16. The molecule has 0 aliphatic heterocycles. The van der Waals surface area contributed by atoms with Gasteiger partial charge in [-0.3, -0.25) is 26.2 Å². The first kappa shape index (κ1) is 13.4. The fraction of sp³-hybridized carbons (Fsp3) is 0.500. The predicted octanol–water partition coefficient (Wildman–Crippen LogP) is -4.75. The average molecular weight is 220 g/mol. The van der Waals surface area contributed by atoms with Gasteiger partial charge in [-0.2, -0.15) is 0 Å². The highest BCUT2D eigenvalue weighted by molar-refractivity contribution is 5.90. The summed E-state index contributed by atoms with van der Waals surface area (Å²) in [6.07, 6.45) is -1.31. The van der Waals surface area contributed by atoms with E-state index < -0.39 is 36.2 Å². The summed E-state index contributed by atoms with van der Waals surface area (Å²) in [5.74, 6) is 7.00. The van der Waals surface area contributed by atoms with Crippen LogP contribution in [-0.2, 0) is 14.4 Å². The van der Waals surface area contributed by atoms with Crippen molar-refractivity contribution in [1.29, 1.82) is 0 Å². The minimum absolute atomic E-state index is 0.654. The molecular formula is C6H14N5O4+. The molecule has 0 rings (SSSR count). The Morgan fingerprint density at radius 2 is 1.47 bits per heavy atom. The maximum absolute atomic E-state index is 11.0. The van der Waals surface area contributed by atoms with Crippen LogP contribution < -0.4 is 28.3 Å². The van der Waals surface area contributed by atoms with Gasteiger partial charge in [0.2, 0.25) is 11.8 Å². The first-order chi connectivity index (χ1) is 6.85. The number of carbonyl (C=O) groups excluding carboxylic acids is 3. The summed E-state index contributed by atoms with van der Waals surface area (Å²) < 4.78 is 0. The van der Waals surface area contributed by atoms with E-state index in [1.54, 1.807) is 10.9 Å². The molecule has 0 spiro atoms. The fourth-order valence-electron chi connectivity index (χ4n) is 0.893. The van der Waals surface area contributed by atoms with E-state index in [2.05, 4.69) is 5.73 Å². The van der Waals surface area contributed by atoms with Crippen LogP contribution in [0.1, 0.15) is 12.8 Å². The number of hydrogen-bond donors (Lipinski definition) is 6. The Hall–Kier alpha value is -1.55. The summed E-state index contributed by atoms with van der Waals surface area (Å²) in [4.78, 5) is 32.7. The van der Waals surface area contributed by atoms with Crippen LogP contribution in [0.2, 0.25) is 0 Å². The predicted molar refractivity (Wildman–Crippen MR) is 46.7 cm³/mol. The van der Waals surface area contributed by atoms with E-state index in [1.165, 1.54) is 0 Å². The van der Waals surface area contributed by atoms with E-state index in [4.69, 9.17) is 11.7 Å². The van der Waals surface area contributed by atoms with Crippen molar-refractivity contribution < 1.29 is 25.2 Å². The van der Waals surface area contributed by atoms with E-state index in [9.17, 15) is 19.5 Å². The molecule has 0 aromatic heterocycles. The molecule has 0 aliphatic rings. The van der Waals surface area contributed by atoms with Gasteiger partial charge in [0.15, 0.2) is 5.60 Å². The fourth-order valence-corrected chi connectivity index (χ4v) is 0.893. The Morgan fingerprint density at radius 1 is 1.13 bits per heavy atom. The van der Waals surface area contributed by atoms with Gasteiger partial charge in [0.05, 0.1) is 12.8 Å². The van der Waals surface area contributed by atoms with Crippen molar-refractivity contribution in [3.8, 4) is 0 Å². The van der Waals surface area contributed by atoms with Gasteiger partial charge in [0.25, 0.3) is 0 Å². The molecule has 0 aromatic rings. The second-order valence-electron chi connectivity index (χ2n) is 2.94. The number of nitrogens with one attached hydrogen (secondary N) is 2. The Kier molecular flexibility index (Phi) is 4.81. The number of nitrogens with two attached hydrogens (primary N) is 2. The number of carbonyl (C=O) groups is 3. The molecule has 3 amide bonds. The number of hydrogen-bond acceptors (Lipinski definition) is 6. The molecule has 86 valence electrons. The zero-order valence-electron chi connectivity index (χ0n) is 7.95. The second kappa shape index (κ2) is 5.36. The molecular weight excluding hydrogens is 206 g/mol. The Bertz CT molecular complexity index is 261. The van der Waals surface area contributed by atoms with E-state index >= 15 is 0 Å². The van der Waals surface area contributed by atoms with Gasteiger partial charge in [-0.05, 0) is 0 Å². The summed E-state index contributed by atoms with van der Waals surface area (Å²) in [5.41, 5.74) is 4.22. The maximum atomic E-state index is 11.0. The SMILES string of the molecule is NNC(=O)CC(O)(CC(=O)NN)C([NH3+])=O. The molecule has 0 saturated carbocycles. The van der Waals surface area contributed by atoms with E-state index in [0.29, 0.717) is 0 Å². The molecule has 0 unspecified atom stereocenters. The van der Waals surface area contributed by atoms with Crippen molar-refractivity contribution in [3.63, 3.8) is 0 Å². The highest BCUT2D eigenvalue weighted by Gasteiger charge is 2.41. The highest BCUT2D eigenvalue weighted by atomic mass is 16.3. The first-order valence-corrected chi connectivity index (χ1v) is 3.93. The summed E-state index contributed by atoms with van der Waals surface area (Å²) in [6.45, 7) is 0. The van der Waals surface area contributed by atoms with Crippen molar-refractivity contribution in [1.82, 2.24) is 10.9 Å². The van der Waals surface area contributed by atoms with E-state index in [1.807, 2.05) is 0 Å². The van der Waals surface area contributed by atoms with Gasteiger partial charge in [-0.15, -0.1) is 0 Å². The molecule has 10 N–H and O–H groups in total. The van der Waals surface area contributed by atoms with Crippen LogP contribution in [0.25, 0.3) is 0 Å². The summed E-state index contributed by atoms with van der Waals surface area (Å²) in [6, 6.07) is 0.